The summed E-state index contributed by atoms with van der Waals surface area (Å²) in [5.41, 5.74) is 22.2. The van der Waals surface area contributed by atoms with E-state index in [1.54, 1.807) is 0 Å². The van der Waals surface area contributed by atoms with Gasteiger partial charge in [-0.2, -0.15) is 0 Å². The van der Waals surface area contributed by atoms with Crippen LogP contribution in [0.4, 0.5) is 0 Å². The van der Waals surface area contributed by atoms with Crippen molar-refractivity contribution in [1.29, 1.82) is 0 Å². The predicted octanol–water partition coefficient (Wildman–Crippen LogP) is -6.16. The molecule has 0 aliphatic carbocycles. The van der Waals surface area contributed by atoms with Crippen LogP contribution in [-0.4, -0.2) is 239 Å². The van der Waals surface area contributed by atoms with Crippen molar-refractivity contribution in [2.45, 2.75) is 88.4 Å². The second-order valence-corrected chi connectivity index (χ2v) is 16.8. The van der Waals surface area contributed by atoms with Crippen molar-refractivity contribution in [3.05, 3.63) is 0 Å². The number of carboxylic acids is 2. The number of ether oxygens (including phenoxy) is 8. The maximum Gasteiger partial charge on any atom is 0.320 e. The van der Waals surface area contributed by atoms with E-state index >= 15 is 0 Å². The van der Waals surface area contributed by atoms with E-state index in [0.29, 0.717) is 45.2 Å². The fourth-order valence-corrected chi connectivity index (χ4v) is 5.90. The summed E-state index contributed by atoms with van der Waals surface area (Å²) in [7, 11) is 0. The van der Waals surface area contributed by atoms with Crippen LogP contribution in [-0.2, 0) is 85.8 Å². The first-order valence-corrected chi connectivity index (χ1v) is 25.5. The number of nitrogens with one attached hydrogen (secondary N) is 7. The van der Waals surface area contributed by atoms with Crippen LogP contribution in [0.15, 0.2) is 0 Å². The Bertz CT molecular complexity index is 1700. The molecule has 0 saturated carbocycles. The smallest absolute Gasteiger partial charge is 0.320 e. The molecule has 0 saturated heterocycles. The molecule has 0 aliphatic heterocycles. The number of rotatable bonds is 53. The molecule has 0 bridgehead atoms. The summed E-state index contributed by atoms with van der Waals surface area (Å²) in [4.78, 5) is 117. The van der Waals surface area contributed by atoms with Crippen molar-refractivity contribution in [2.75, 3.05) is 145 Å². The van der Waals surface area contributed by atoms with Crippen molar-refractivity contribution >= 4 is 59.2 Å². The monoisotopic (exact) mass is 1110 g/mol. The summed E-state index contributed by atoms with van der Waals surface area (Å²) in [6.45, 7) is 3.02. The minimum absolute atomic E-state index is 0.00816. The Labute approximate surface area is 447 Å². The van der Waals surface area contributed by atoms with Crippen LogP contribution in [0.5, 0.6) is 0 Å². The van der Waals surface area contributed by atoms with Crippen molar-refractivity contribution < 1.29 is 96.1 Å². The molecule has 17 N–H and O–H groups in total. The Hall–Kier alpha value is -5.74. The van der Waals surface area contributed by atoms with Crippen molar-refractivity contribution in [2.24, 2.45) is 22.9 Å². The van der Waals surface area contributed by atoms with Crippen LogP contribution in [0.3, 0.4) is 0 Å². The summed E-state index contributed by atoms with van der Waals surface area (Å²) in [5, 5.41) is 35.8. The van der Waals surface area contributed by atoms with Crippen LogP contribution >= 0.6 is 0 Å². The lowest BCUT2D eigenvalue weighted by Gasteiger charge is -2.18. The van der Waals surface area contributed by atoms with Gasteiger partial charge in [0.2, 0.25) is 47.3 Å². The van der Waals surface area contributed by atoms with E-state index in [-0.39, 0.29) is 199 Å². The highest BCUT2D eigenvalue weighted by atomic mass is 16.5. The highest BCUT2D eigenvalue weighted by molar-refractivity contribution is 5.89. The van der Waals surface area contributed by atoms with Gasteiger partial charge in [-0.05, 0) is 51.4 Å². The van der Waals surface area contributed by atoms with Crippen LogP contribution in [0.25, 0.3) is 0 Å². The maximum absolute atomic E-state index is 12.6. The molecule has 0 aliphatic rings. The van der Waals surface area contributed by atoms with Crippen molar-refractivity contribution in [3.63, 3.8) is 0 Å². The number of aliphatic carboxylic acids is 2. The molecule has 0 aromatic carbocycles. The highest BCUT2D eigenvalue weighted by Crippen LogP contribution is 2.04. The SMILES string of the molecule is NC(=O)[C@H](CCCCNC(=O)COCCOCCNC(=O)COCCOCCNC(=O)CC[C@H](N)C(=O)O)NC(=O)[C@@H](N)CCCCNC(=O)COCCOCCNC(=O)COCCOCCNC(=O)CC[C@H](N)C(=O)O. The lowest BCUT2D eigenvalue weighted by atomic mass is 10.1. The van der Waals surface area contributed by atoms with Gasteiger partial charge in [0.05, 0.1) is 85.3 Å². The first-order chi connectivity index (χ1) is 36.9. The van der Waals surface area contributed by atoms with Gasteiger partial charge in [-0.25, -0.2) is 0 Å². The number of primary amides is 1. The molecule has 0 unspecified atom stereocenters. The number of unbranched alkanes of at least 4 members (excludes halogenated alkanes) is 2. The Kier molecular flexibility index (Phi) is 45.0. The molecule has 444 valence electrons. The summed E-state index contributed by atoms with van der Waals surface area (Å²) in [5.74, 6) is -5.65. The molecule has 0 aromatic rings. The number of amides is 8. The number of hydrogen-bond acceptors (Lipinski definition) is 21. The second kappa shape index (κ2) is 48.6. The standard InChI is InChI=1S/C46H85N11O20/c47-33(5-1-3-11-51-39(60)29-74-25-23-72-19-15-55-41(62)31-76-27-21-70-17-13-53-37(58)9-7-34(48)45(66)67)44(65)57-36(43(50)64)6-2-4-12-52-40(61)30-75-26-24-73-20-16-56-42(63)32-77-28-22-71-18-14-54-38(59)10-8-35(49)46(68)69/h33-36H,1-32,47-49H2,(H2,50,64)(H,51,60)(H,52,61)(H,53,58)(H,54,59)(H,55,62)(H,56,63)(H,57,65)(H,66,67)(H,68,69)/t33-,34-,35-,36-/m0/s1. The topological polar surface area (TPSA) is 473 Å². The molecule has 0 heterocycles. The maximum atomic E-state index is 12.6. The van der Waals surface area contributed by atoms with Crippen LogP contribution in [0.2, 0.25) is 0 Å². The number of hydrogen-bond donors (Lipinski definition) is 13. The van der Waals surface area contributed by atoms with Gasteiger partial charge in [-0.3, -0.25) is 47.9 Å². The highest BCUT2D eigenvalue weighted by Gasteiger charge is 2.22. The average Bonchev–Trinajstić information content (AvgIpc) is 3.39. The fraction of sp³-hybridized carbons (Fsp3) is 0.783. The molecule has 0 radical (unpaired) electrons. The van der Waals surface area contributed by atoms with E-state index in [4.69, 9.17) is 71.0 Å². The van der Waals surface area contributed by atoms with Gasteiger partial charge in [0, 0.05) is 52.1 Å². The summed E-state index contributed by atoms with van der Waals surface area (Å²) >= 11 is 0. The molecular weight excluding hydrogens is 1030 g/mol. The zero-order valence-electron chi connectivity index (χ0n) is 44.0. The second-order valence-electron chi connectivity index (χ2n) is 16.8. The molecule has 4 atom stereocenters. The summed E-state index contributed by atoms with van der Waals surface area (Å²) in [6.07, 6.45) is 2.60. The van der Waals surface area contributed by atoms with Gasteiger partial charge in [-0.1, -0.05) is 0 Å². The Morgan fingerprint density at radius 1 is 0.351 bits per heavy atom. The first kappa shape index (κ1) is 71.3. The minimum Gasteiger partial charge on any atom is -0.480 e. The lowest BCUT2D eigenvalue weighted by molar-refractivity contribution is -0.139. The molecule has 31 nitrogen and oxygen atoms in total. The van der Waals surface area contributed by atoms with Gasteiger partial charge in [0.15, 0.2) is 0 Å². The Morgan fingerprint density at radius 3 is 0.974 bits per heavy atom. The Morgan fingerprint density at radius 2 is 0.649 bits per heavy atom. The molecule has 8 amide bonds. The number of carbonyl (C=O) groups is 10. The van der Waals surface area contributed by atoms with Gasteiger partial charge < -0.3 is 108 Å². The number of nitrogens with two attached hydrogens (primary N) is 4. The zero-order chi connectivity index (χ0) is 57.3. The minimum atomic E-state index is -1.17. The molecule has 0 fully saturated rings. The van der Waals surface area contributed by atoms with Crippen LogP contribution < -0.4 is 60.2 Å². The van der Waals surface area contributed by atoms with E-state index in [1.165, 1.54) is 0 Å². The molecule has 77 heavy (non-hydrogen) atoms. The van der Waals surface area contributed by atoms with Crippen molar-refractivity contribution in [1.82, 2.24) is 37.2 Å². The molecule has 31 heteroatoms. The largest absolute Gasteiger partial charge is 0.480 e. The number of carbonyl (C=O) groups excluding carboxylic acids is 8. The molecule has 0 rings (SSSR count). The normalized spacial score (nSPS) is 12.6. The van der Waals surface area contributed by atoms with E-state index in [1.807, 2.05) is 0 Å². The Balaban J connectivity index is 3.75. The number of carboxylic acid groups (broad SMARTS) is 2. The van der Waals surface area contributed by atoms with Gasteiger partial charge >= 0.3 is 11.9 Å². The molecule has 0 aromatic heterocycles. The van der Waals surface area contributed by atoms with E-state index in [9.17, 15) is 47.9 Å². The summed E-state index contributed by atoms with van der Waals surface area (Å²) < 4.78 is 42.4. The van der Waals surface area contributed by atoms with Crippen LogP contribution in [0, 0.1) is 0 Å². The van der Waals surface area contributed by atoms with Gasteiger partial charge in [0.1, 0.15) is 44.6 Å². The third-order valence-electron chi connectivity index (χ3n) is 10.2. The quantitative estimate of drug-likeness (QED) is 0.0252. The molecule has 0 spiro atoms. The summed E-state index contributed by atoms with van der Waals surface area (Å²) in [6, 6.07) is -4.03. The van der Waals surface area contributed by atoms with Crippen LogP contribution in [0.1, 0.15) is 64.2 Å². The third kappa shape index (κ3) is 46.1. The third-order valence-corrected chi connectivity index (χ3v) is 10.2. The fourth-order valence-electron chi connectivity index (χ4n) is 5.90. The average molecular weight is 1110 g/mol. The predicted molar refractivity (Wildman–Crippen MR) is 271 cm³/mol. The van der Waals surface area contributed by atoms with E-state index in [0.717, 1.165) is 0 Å². The lowest BCUT2D eigenvalue weighted by Crippen LogP contribution is -2.50. The zero-order valence-corrected chi connectivity index (χ0v) is 44.0. The van der Waals surface area contributed by atoms with Gasteiger partial charge in [-0.15, -0.1) is 0 Å². The molecular formula is C46H85N11O20. The van der Waals surface area contributed by atoms with Crippen molar-refractivity contribution in [3.8, 4) is 0 Å². The van der Waals surface area contributed by atoms with E-state index < -0.39 is 47.9 Å². The van der Waals surface area contributed by atoms with Gasteiger partial charge in [0.25, 0.3) is 0 Å². The van der Waals surface area contributed by atoms with E-state index in [2.05, 4.69) is 37.2 Å². The first-order valence-electron chi connectivity index (χ1n) is 25.5.